The van der Waals surface area contributed by atoms with Crippen LogP contribution in [0.1, 0.15) is 15.9 Å². The van der Waals surface area contributed by atoms with E-state index < -0.39 is 11.7 Å². The molecule has 0 unspecified atom stereocenters. The van der Waals surface area contributed by atoms with Gasteiger partial charge in [0.1, 0.15) is 23.3 Å². The maximum atomic E-state index is 13.3. The molecule has 0 fully saturated rings. The first-order valence-electron chi connectivity index (χ1n) is 5.21. The van der Waals surface area contributed by atoms with E-state index in [-0.39, 0.29) is 21.4 Å². The van der Waals surface area contributed by atoms with E-state index in [1.54, 1.807) is 7.05 Å². The molecule has 0 saturated heterocycles. The van der Waals surface area contributed by atoms with E-state index in [2.05, 4.69) is 26.3 Å². The summed E-state index contributed by atoms with van der Waals surface area (Å²) in [5, 5.41) is 15.3. The number of nitrogens with one attached hydrogen (secondary N) is 1. The van der Waals surface area contributed by atoms with Crippen LogP contribution in [0, 0.1) is 17.1 Å². The summed E-state index contributed by atoms with van der Waals surface area (Å²) in [5.41, 5.74) is 0.402. The van der Waals surface area contributed by atoms with Crippen molar-refractivity contribution in [2.45, 2.75) is 0 Å². The molecular formula is C12H8BrFN4O. The number of hydrogen-bond donors (Lipinski definition) is 1. The summed E-state index contributed by atoms with van der Waals surface area (Å²) < 4.78 is 15.0. The molecule has 2 rings (SSSR count). The molecule has 0 saturated carbocycles. The minimum absolute atomic E-state index is 0.158. The van der Waals surface area contributed by atoms with E-state index in [1.165, 1.54) is 23.0 Å². The smallest absolute Gasteiger partial charge is 0.256 e. The van der Waals surface area contributed by atoms with Crippen LogP contribution in [0.5, 0.6) is 0 Å². The molecule has 0 radical (unpaired) electrons. The predicted molar refractivity (Wildman–Crippen MR) is 70.0 cm³/mol. The van der Waals surface area contributed by atoms with Crippen LogP contribution < -0.4 is 5.32 Å². The molecule has 0 aliphatic heterocycles. The van der Waals surface area contributed by atoms with Crippen molar-refractivity contribution in [1.82, 2.24) is 9.78 Å². The molecule has 7 heteroatoms. The number of amides is 1. The van der Waals surface area contributed by atoms with Gasteiger partial charge in [0.15, 0.2) is 0 Å². The third-order valence-electron chi connectivity index (χ3n) is 2.47. The number of benzene rings is 1. The summed E-state index contributed by atoms with van der Waals surface area (Å²) >= 11 is 3.01. The summed E-state index contributed by atoms with van der Waals surface area (Å²) in [5.74, 6) is -0.763. The van der Waals surface area contributed by atoms with E-state index in [0.717, 1.165) is 6.07 Å². The second kappa shape index (κ2) is 5.20. The Balaban J connectivity index is 2.28. The number of aromatic nitrogens is 2. The van der Waals surface area contributed by atoms with Gasteiger partial charge in [-0.2, -0.15) is 10.4 Å². The van der Waals surface area contributed by atoms with E-state index >= 15 is 0 Å². The van der Waals surface area contributed by atoms with Crippen LogP contribution in [0.25, 0.3) is 0 Å². The average Bonchev–Trinajstić information content (AvgIpc) is 2.74. The fourth-order valence-corrected chi connectivity index (χ4v) is 1.73. The summed E-state index contributed by atoms with van der Waals surface area (Å²) in [7, 11) is 1.60. The molecule has 19 heavy (non-hydrogen) atoms. The van der Waals surface area contributed by atoms with Gasteiger partial charge >= 0.3 is 0 Å². The highest BCUT2D eigenvalue weighted by atomic mass is 79.9. The molecular weight excluding hydrogens is 315 g/mol. The van der Waals surface area contributed by atoms with Gasteiger partial charge in [-0.3, -0.25) is 9.48 Å². The van der Waals surface area contributed by atoms with Crippen LogP contribution in [0.15, 0.2) is 28.9 Å². The molecule has 0 aliphatic rings. The van der Waals surface area contributed by atoms with Gasteiger partial charge in [-0.15, -0.1) is 0 Å². The highest BCUT2D eigenvalue weighted by Crippen LogP contribution is 2.18. The zero-order valence-corrected chi connectivity index (χ0v) is 11.4. The van der Waals surface area contributed by atoms with Crippen molar-refractivity contribution in [2.24, 2.45) is 7.05 Å². The van der Waals surface area contributed by atoms with Crippen molar-refractivity contribution in [3.63, 3.8) is 0 Å². The minimum atomic E-state index is -0.529. The van der Waals surface area contributed by atoms with Gasteiger partial charge in [0.25, 0.3) is 5.91 Å². The number of rotatable bonds is 2. The number of anilines is 1. The minimum Gasteiger partial charge on any atom is -0.306 e. The molecule has 0 bridgehead atoms. The zero-order chi connectivity index (χ0) is 14.0. The molecule has 0 atom stereocenters. The Morgan fingerprint density at radius 3 is 2.95 bits per heavy atom. The van der Waals surface area contributed by atoms with Gasteiger partial charge in [0, 0.05) is 12.6 Å². The van der Waals surface area contributed by atoms with Crippen LogP contribution >= 0.6 is 15.9 Å². The summed E-state index contributed by atoms with van der Waals surface area (Å²) in [6.07, 6.45) is 1.35. The lowest BCUT2D eigenvalue weighted by Gasteiger charge is -2.06. The zero-order valence-electron chi connectivity index (χ0n) is 9.82. The normalized spacial score (nSPS) is 10.0. The van der Waals surface area contributed by atoms with Gasteiger partial charge in [0.2, 0.25) is 0 Å². The van der Waals surface area contributed by atoms with E-state index in [4.69, 9.17) is 5.26 Å². The standard InChI is InChI=1S/C12H8BrFN4O/c1-18-11(8(5-15)6-16-18)17-12(19)7-2-3-9(13)10(14)4-7/h2-4,6H,1H3,(H,17,19). The van der Waals surface area contributed by atoms with Gasteiger partial charge in [0.05, 0.1) is 10.7 Å². The number of aryl methyl sites for hydroxylation is 1. The maximum absolute atomic E-state index is 13.3. The van der Waals surface area contributed by atoms with Crippen molar-refractivity contribution in [3.05, 3.63) is 45.8 Å². The lowest BCUT2D eigenvalue weighted by atomic mass is 10.2. The fourth-order valence-electron chi connectivity index (χ4n) is 1.48. The van der Waals surface area contributed by atoms with Crippen LogP contribution in [0.3, 0.4) is 0 Å². The number of nitrogens with zero attached hydrogens (tertiary/aromatic N) is 3. The van der Waals surface area contributed by atoms with Gasteiger partial charge in [-0.1, -0.05) is 0 Å². The highest BCUT2D eigenvalue weighted by Gasteiger charge is 2.14. The van der Waals surface area contributed by atoms with Crippen molar-refractivity contribution in [3.8, 4) is 6.07 Å². The number of halogens is 2. The van der Waals surface area contributed by atoms with Gasteiger partial charge in [-0.05, 0) is 34.1 Å². The van der Waals surface area contributed by atoms with Crippen LogP contribution in [0.4, 0.5) is 10.2 Å². The van der Waals surface area contributed by atoms with Gasteiger partial charge < -0.3 is 5.32 Å². The molecule has 2 aromatic rings. The number of carbonyl (C=O) groups excluding carboxylic acids is 1. The Bertz CT molecular complexity index is 690. The highest BCUT2D eigenvalue weighted by molar-refractivity contribution is 9.10. The molecule has 1 aromatic carbocycles. The number of nitriles is 1. The quantitative estimate of drug-likeness (QED) is 0.923. The third kappa shape index (κ3) is 2.63. The molecule has 1 amide bonds. The lowest BCUT2D eigenvalue weighted by molar-refractivity contribution is 0.102. The predicted octanol–water partition coefficient (Wildman–Crippen LogP) is 2.45. The first-order chi connectivity index (χ1) is 9.02. The largest absolute Gasteiger partial charge is 0.306 e. The second-order valence-corrected chi connectivity index (χ2v) is 4.58. The topological polar surface area (TPSA) is 70.7 Å². The molecule has 96 valence electrons. The van der Waals surface area contributed by atoms with Crippen molar-refractivity contribution >= 4 is 27.7 Å². The van der Waals surface area contributed by atoms with Crippen LogP contribution in [-0.2, 0) is 7.05 Å². The SMILES string of the molecule is Cn1ncc(C#N)c1NC(=O)c1ccc(Br)c(F)c1. The summed E-state index contributed by atoms with van der Waals surface area (Å²) in [6.45, 7) is 0. The summed E-state index contributed by atoms with van der Waals surface area (Å²) in [4.78, 5) is 12.0. The molecule has 0 aliphatic carbocycles. The number of hydrogen-bond acceptors (Lipinski definition) is 3. The Morgan fingerprint density at radius 2 is 2.32 bits per heavy atom. The summed E-state index contributed by atoms with van der Waals surface area (Å²) in [6, 6.07) is 5.95. The first-order valence-corrected chi connectivity index (χ1v) is 6.00. The molecule has 5 nitrogen and oxygen atoms in total. The lowest BCUT2D eigenvalue weighted by Crippen LogP contribution is -2.15. The third-order valence-corrected chi connectivity index (χ3v) is 3.12. The van der Waals surface area contributed by atoms with E-state index in [0.29, 0.717) is 0 Å². The van der Waals surface area contributed by atoms with Crippen LogP contribution in [-0.4, -0.2) is 15.7 Å². The molecule has 1 heterocycles. The monoisotopic (exact) mass is 322 g/mol. The fraction of sp³-hybridized carbons (Fsp3) is 0.0833. The van der Waals surface area contributed by atoms with Gasteiger partial charge in [-0.25, -0.2) is 4.39 Å². The Hall–Kier alpha value is -2.20. The molecule has 1 aromatic heterocycles. The molecule has 0 spiro atoms. The molecule has 1 N–H and O–H groups in total. The Kier molecular flexibility index (Phi) is 3.62. The van der Waals surface area contributed by atoms with Crippen molar-refractivity contribution in [1.29, 1.82) is 5.26 Å². The van der Waals surface area contributed by atoms with Crippen molar-refractivity contribution in [2.75, 3.05) is 5.32 Å². The first kappa shape index (κ1) is 13.2. The van der Waals surface area contributed by atoms with Crippen LogP contribution in [0.2, 0.25) is 0 Å². The Morgan fingerprint density at radius 1 is 1.58 bits per heavy atom. The maximum Gasteiger partial charge on any atom is 0.256 e. The second-order valence-electron chi connectivity index (χ2n) is 3.73. The number of carbonyl (C=O) groups is 1. The average molecular weight is 323 g/mol. The van der Waals surface area contributed by atoms with E-state index in [9.17, 15) is 9.18 Å². The Labute approximate surface area is 116 Å². The van der Waals surface area contributed by atoms with Crippen molar-refractivity contribution < 1.29 is 9.18 Å². The van der Waals surface area contributed by atoms with E-state index in [1.807, 2.05) is 6.07 Å².